The molecule has 110 valence electrons. The minimum absolute atomic E-state index is 0.287. The number of fused-ring (bicyclic) bond motifs is 1. The van der Waals surface area contributed by atoms with E-state index in [1.165, 1.54) is 11.8 Å². The average Bonchev–Trinajstić information content (AvgIpc) is 2.42. The molecule has 7 heteroatoms. The molecule has 0 spiro atoms. The maximum Gasteiger partial charge on any atom is 0.411 e. The van der Waals surface area contributed by atoms with E-state index in [9.17, 15) is 18.0 Å². The number of alkyl halides is 3. The van der Waals surface area contributed by atoms with E-state index in [2.05, 4.69) is 4.74 Å². The molecule has 1 atom stereocenters. The number of hydrogen-bond acceptors (Lipinski definition) is 3. The minimum Gasteiger partial charge on any atom is -0.490 e. The molecular formula is C13H14F3NO3. The standard InChI is InChI=1S/C13H14F3NO3/c1-9(20-8-13(14,15)16)12(18)17-6-7-19-11-5-3-2-4-10(11)17/h2-5,9H,6-8H2,1H3. The van der Waals surface area contributed by atoms with Gasteiger partial charge in [-0.2, -0.15) is 13.2 Å². The highest BCUT2D eigenvalue weighted by atomic mass is 19.4. The Labute approximate surface area is 114 Å². The molecule has 20 heavy (non-hydrogen) atoms. The zero-order valence-corrected chi connectivity index (χ0v) is 10.8. The highest BCUT2D eigenvalue weighted by Crippen LogP contribution is 2.31. The number of carbonyl (C=O) groups excluding carboxylic acids is 1. The summed E-state index contributed by atoms with van der Waals surface area (Å²) >= 11 is 0. The number of amides is 1. The lowest BCUT2D eigenvalue weighted by molar-refractivity contribution is -0.185. The molecule has 0 N–H and O–H groups in total. The van der Waals surface area contributed by atoms with Gasteiger partial charge in [-0.05, 0) is 19.1 Å². The van der Waals surface area contributed by atoms with Crippen molar-refractivity contribution in [1.82, 2.24) is 0 Å². The van der Waals surface area contributed by atoms with Crippen LogP contribution in [0.4, 0.5) is 18.9 Å². The predicted octanol–water partition coefficient (Wildman–Crippen LogP) is 2.38. The first kappa shape index (κ1) is 14.6. The van der Waals surface area contributed by atoms with Gasteiger partial charge in [0.25, 0.3) is 5.91 Å². The van der Waals surface area contributed by atoms with Gasteiger partial charge >= 0.3 is 6.18 Å². The highest BCUT2D eigenvalue weighted by molar-refractivity contribution is 5.98. The van der Waals surface area contributed by atoms with Crippen LogP contribution in [0, 0.1) is 0 Å². The Morgan fingerprint density at radius 1 is 1.45 bits per heavy atom. The van der Waals surface area contributed by atoms with Crippen LogP contribution in [0.5, 0.6) is 5.75 Å². The summed E-state index contributed by atoms with van der Waals surface area (Å²) in [4.78, 5) is 13.5. The fraction of sp³-hybridized carbons (Fsp3) is 0.462. The largest absolute Gasteiger partial charge is 0.490 e. The molecule has 1 aromatic rings. The van der Waals surface area contributed by atoms with Gasteiger partial charge in [0, 0.05) is 0 Å². The number of carbonyl (C=O) groups is 1. The number of anilines is 1. The van der Waals surface area contributed by atoms with Crippen molar-refractivity contribution in [2.75, 3.05) is 24.7 Å². The number of halogens is 3. The zero-order chi connectivity index (χ0) is 14.8. The first-order valence-electron chi connectivity index (χ1n) is 6.10. The molecule has 0 saturated heterocycles. The van der Waals surface area contributed by atoms with Crippen molar-refractivity contribution in [3.8, 4) is 5.75 Å². The van der Waals surface area contributed by atoms with E-state index < -0.39 is 24.8 Å². The number of para-hydroxylation sites is 2. The van der Waals surface area contributed by atoms with Gasteiger partial charge in [-0.15, -0.1) is 0 Å². The van der Waals surface area contributed by atoms with Crippen LogP contribution < -0.4 is 9.64 Å². The van der Waals surface area contributed by atoms with E-state index in [-0.39, 0.29) is 6.54 Å². The summed E-state index contributed by atoms with van der Waals surface area (Å²) in [6, 6.07) is 6.88. The van der Waals surface area contributed by atoms with E-state index in [1.807, 2.05) is 0 Å². The van der Waals surface area contributed by atoms with Crippen molar-refractivity contribution < 1.29 is 27.4 Å². The van der Waals surface area contributed by atoms with Crippen LogP contribution in [0.15, 0.2) is 24.3 Å². The van der Waals surface area contributed by atoms with Crippen molar-refractivity contribution in [2.24, 2.45) is 0 Å². The Morgan fingerprint density at radius 3 is 2.85 bits per heavy atom. The van der Waals surface area contributed by atoms with E-state index >= 15 is 0 Å². The quantitative estimate of drug-likeness (QED) is 0.857. The van der Waals surface area contributed by atoms with E-state index in [0.717, 1.165) is 0 Å². The maximum absolute atomic E-state index is 12.2. The third-order valence-electron chi connectivity index (χ3n) is 2.84. The van der Waals surface area contributed by atoms with Gasteiger partial charge in [0.15, 0.2) is 0 Å². The summed E-state index contributed by atoms with van der Waals surface area (Å²) in [5, 5.41) is 0. The van der Waals surface area contributed by atoms with Gasteiger partial charge < -0.3 is 14.4 Å². The molecule has 0 saturated carbocycles. The zero-order valence-electron chi connectivity index (χ0n) is 10.8. The van der Waals surface area contributed by atoms with Crippen molar-refractivity contribution in [1.29, 1.82) is 0 Å². The summed E-state index contributed by atoms with van der Waals surface area (Å²) in [6.07, 6.45) is -5.61. The molecule has 1 heterocycles. The lowest BCUT2D eigenvalue weighted by Gasteiger charge is -2.31. The van der Waals surface area contributed by atoms with Crippen LogP contribution in [0.2, 0.25) is 0 Å². The Morgan fingerprint density at radius 2 is 2.15 bits per heavy atom. The van der Waals surface area contributed by atoms with Gasteiger partial charge in [0.1, 0.15) is 25.1 Å². The van der Waals surface area contributed by atoms with Crippen molar-refractivity contribution in [3.05, 3.63) is 24.3 Å². The lowest BCUT2D eigenvalue weighted by Crippen LogP contribution is -2.44. The van der Waals surface area contributed by atoms with E-state index in [4.69, 9.17) is 4.74 Å². The maximum atomic E-state index is 12.2. The molecule has 1 amide bonds. The molecule has 1 aromatic carbocycles. The Hall–Kier alpha value is -1.76. The topological polar surface area (TPSA) is 38.8 Å². The normalized spacial score (nSPS) is 16.3. The van der Waals surface area contributed by atoms with Crippen molar-refractivity contribution in [3.63, 3.8) is 0 Å². The number of benzene rings is 1. The molecule has 1 unspecified atom stereocenters. The fourth-order valence-electron chi connectivity index (χ4n) is 1.91. The minimum atomic E-state index is -4.45. The smallest absolute Gasteiger partial charge is 0.411 e. The molecular weight excluding hydrogens is 275 g/mol. The monoisotopic (exact) mass is 289 g/mol. The lowest BCUT2D eigenvalue weighted by atomic mass is 10.2. The molecule has 0 bridgehead atoms. The SMILES string of the molecule is CC(OCC(F)(F)F)C(=O)N1CCOc2ccccc21. The van der Waals surface area contributed by atoms with Crippen LogP contribution in [0.25, 0.3) is 0 Å². The van der Waals surface area contributed by atoms with Gasteiger partial charge in [-0.3, -0.25) is 4.79 Å². The van der Waals surface area contributed by atoms with Crippen LogP contribution in [-0.4, -0.2) is 37.9 Å². The van der Waals surface area contributed by atoms with Gasteiger partial charge in [-0.25, -0.2) is 0 Å². The predicted molar refractivity (Wildman–Crippen MR) is 65.8 cm³/mol. The summed E-state index contributed by atoms with van der Waals surface area (Å²) in [5.74, 6) is 0.0279. The van der Waals surface area contributed by atoms with Gasteiger partial charge in [-0.1, -0.05) is 12.1 Å². The third kappa shape index (κ3) is 3.41. The first-order valence-corrected chi connectivity index (χ1v) is 6.10. The molecule has 1 aliphatic rings. The Kier molecular flexibility index (Phi) is 4.17. The van der Waals surface area contributed by atoms with E-state index in [0.29, 0.717) is 18.0 Å². The average molecular weight is 289 g/mol. The van der Waals surface area contributed by atoms with Crippen LogP contribution >= 0.6 is 0 Å². The van der Waals surface area contributed by atoms with Crippen molar-refractivity contribution >= 4 is 11.6 Å². The number of hydrogen-bond donors (Lipinski definition) is 0. The number of nitrogens with zero attached hydrogens (tertiary/aromatic N) is 1. The summed E-state index contributed by atoms with van der Waals surface area (Å²) in [7, 11) is 0. The highest BCUT2D eigenvalue weighted by Gasteiger charge is 2.32. The second kappa shape index (κ2) is 5.70. The second-order valence-electron chi connectivity index (χ2n) is 4.37. The summed E-state index contributed by atoms with van der Waals surface area (Å²) < 4.78 is 46.2. The van der Waals surface area contributed by atoms with Crippen LogP contribution in [-0.2, 0) is 9.53 Å². The van der Waals surface area contributed by atoms with E-state index in [1.54, 1.807) is 24.3 Å². The van der Waals surface area contributed by atoms with Crippen LogP contribution in [0.3, 0.4) is 0 Å². The second-order valence-corrected chi connectivity index (χ2v) is 4.37. The Balaban J connectivity index is 2.07. The molecule has 0 radical (unpaired) electrons. The molecule has 4 nitrogen and oxygen atoms in total. The molecule has 0 aliphatic carbocycles. The fourth-order valence-corrected chi connectivity index (χ4v) is 1.91. The molecule has 0 fully saturated rings. The van der Waals surface area contributed by atoms with Crippen molar-refractivity contribution in [2.45, 2.75) is 19.2 Å². The third-order valence-corrected chi connectivity index (χ3v) is 2.84. The number of ether oxygens (including phenoxy) is 2. The molecule has 2 rings (SSSR count). The molecule has 0 aromatic heterocycles. The Bertz CT molecular complexity index is 490. The number of rotatable bonds is 3. The van der Waals surface area contributed by atoms with Gasteiger partial charge in [0.05, 0.1) is 12.2 Å². The summed E-state index contributed by atoms with van der Waals surface area (Å²) in [5.41, 5.74) is 0.547. The van der Waals surface area contributed by atoms with Crippen LogP contribution in [0.1, 0.15) is 6.92 Å². The summed E-state index contributed by atoms with van der Waals surface area (Å²) in [6.45, 7) is 0.461. The molecule has 1 aliphatic heterocycles. The van der Waals surface area contributed by atoms with Gasteiger partial charge in [0.2, 0.25) is 0 Å². The first-order chi connectivity index (χ1) is 9.38.